The zero-order valence-electron chi connectivity index (χ0n) is 12.1. The van der Waals surface area contributed by atoms with Gasteiger partial charge in [0, 0.05) is 48.4 Å². The molecule has 0 rings (SSSR count). The van der Waals surface area contributed by atoms with Gasteiger partial charge in [0.25, 0.3) is 0 Å². The van der Waals surface area contributed by atoms with Gasteiger partial charge in [-0.3, -0.25) is 4.21 Å². The lowest BCUT2D eigenvalue weighted by Gasteiger charge is -2.35. The van der Waals surface area contributed by atoms with Crippen molar-refractivity contribution in [3.05, 3.63) is 0 Å². The molecule has 0 fully saturated rings. The molecule has 0 aliphatic heterocycles. The zero-order chi connectivity index (χ0) is 14.6. The first-order valence-corrected chi connectivity index (χ1v) is 9.41. The molecular weight excluding hydrogens is 274 g/mol. The van der Waals surface area contributed by atoms with Crippen molar-refractivity contribution in [1.29, 1.82) is 0 Å². The summed E-state index contributed by atoms with van der Waals surface area (Å²) in [5, 5.41) is 0. The minimum atomic E-state index is -3.23. The summed E-state index contributed by atoms with van der Waals surface area (Å²) in [6, 6.07) is 0. The van der Waals surface area contributed by atoms with Gasteiger partial charge >= 0.3 is 0 Å². The second-order valence-electron chi connectivity index (χ2n) is 5.19. The van der Waals surface area contributed by atoms with Crippen LogP contribution in [0.5, 0.6) is 0 Å². The number of sulfonamides is 1. The maximum atomic E-state index is 11.4. The van der Waals surface area contributed by atoms with Crippen LogP contribution in [0.1, 0.15) is 20.8 Å². The van der Waals surface area contributed by atoms with Crippen molar-refractivity contribution in [2.75, 3.05) is 38.5 Å². The fraction of sp³-hybridized carbons (Fsp3) is 1.00. The summed E-state index contributed by atoms with van der Waals surface area (Å²) in [7, 11) is -2.64. The number of nitrogens with zero attached hydrogens (tertiary/aromatic N) is 1. The summed E-state index contributed by atoms with van der Waals surface area (Å²) in [6.07, 6.45) is 2.54. The molecule has 0 N–H and O–H groups in total. The zero-order valence-corrected chi connectivity index (χ0v) is 13.7. The standard InChI is InChI=1S/C11H25NO4S2/c1-7-16-10(8-12(4)18(6,14)15)11(2,3)9-17(5)13/h10H,7-9H2,1-6H3/t10?,17-/m0/s1. The summed E-state index contributed by atoms with van der Waals surface area (Å²) in [6.45, 7) is 6.54. The summed E-state index contributed by atoms with van der Waals surface area (Å²) < 4.78 is 41.1. The number of hydrogen-bond donors (Lipinski definition) is 0. The number of ether oxygens (including phenoxy) is 1. The fourth-order valence-corrected chi connectivity index (χ4v) is 3.35. The molecule has 2 atom stereocenters. The molecule has 0 bridgehead atoms. The molecule has 0 aromatic heterocycles. The lowest BCUT2D eigenvalue weighted by Crippen LogP contribution is -2.45. The summed E-state index contributed by atoms with van der Waals surface area (Å²) in [5.74, 6) is 0.481. The molecule has 1 unspecified atom stereocenters. The second kappa shape index (κ2) is 6.98. The highest BCUT2D eigenvalue weighted by Crippen LogP contribution is 2.25. The normalized spacial score (nSPS) is 16.8. The van der Waals surface area contributed by atoms with E-state index >= 15 is 0 Å². The lowest BCUT2D eigenvalue weighted by atomic mass is 9.88. The Morgan fingerprint density at radius 3 is 2.22 bits per heavy atom. The van der Waals surface area contributed by atoms with Crippen LogP contribution in [0.25, 0.3) is 0 Å². The predicted molar refractivity (Wildman–Crippen MR) is 75.6 cm³/mol. The molecule has 5 nitrogen and oxygen atoms in total. The Kier molecular flexibility index (Phi) is 6.99. The highest BCUT2D eigenvalue weighted by atomic mass is 32.2. The van der Waals surface area contributed by atoms with E-state index in [4.69, 9.17) is 4.74 Å². The molecule has 0 saturated carbocycles. The Morgan fingerprint density at radius 1 is 1.39 bits per heavy atom. The lowest BCUT2D eigenvalue weighted by molar-refractivity contribution is -0.0167. The van der Waals surface area contributed by atoms with Crippen LogP contribution in [-0.4, -0.2) is 61.5 Å². The van der Waals surface area contributed by atoms with Crippen LogP contribution in [0.2, 0.25) is 0 Å². The first-order chi connectivity index (χ1) is 8.00. The maximum absolute atomic E-state index is 11.4. The van der Waals surface area contributed by atoms with E-state index in [1.165, 1.54) is 17.6 Å². The van der Waals surface area contributed by atoms with Crippen molar-refractivity contribution in [1.82, 2.24) is 4.31 Å². The monoisotopic (exact) mass is 299 g/mol. The van der Waals surface area contributed by atoms with Gasteiger partial charge < -0.3 is 4.74 Å². The Bertz CT molecular complexity index is 379. The summed E-state index contributed by atoms with van der Waals surface area (Å²) in [4.78, 5) is 0. The van der Waals surface area contributed by atoms with Crippen LogP contribution < -0.4 is 0 Å². The Morgan fingerprint density at radius 2 is 1.89 bits per heavy atom. The average Bonchev–Trinajstić information content (AvgIpc) is 2.13. The molecule has 0 aliphatic carbocycles. The van der Waals surface area contributed by atoms with Crippen LogP contribution in [-0.2, 0) is 25.6 Å². The summed E-state index contributed by atoms with van der Waals surface area (Å²) >= 11 is 0. The third-order valence-corrected chi connectivity index (χ3v) is 5.24. The molecule has 0 saturated heterocycles. The largest absolute Gasteiger partial charge is 0.377 e. The Hall–Kier alpha value is 0.0200. The molecule has 18 heavy (non-hydrogen) atoms. The highest BCUT2D eigenvalue weighted by molar-refractivity contribution is 7.88. The Labute approximate surface area is 113 Å². The molecule has 0 radical (unpaired) electrons. The second-order valence-corrected chi connectivity index (χ2v) is 8.72. The third-order valence-electron chi connectivity index (χ3n) is 2.80. The van der Waals surface area contributed by atoms with Gasteiger partial charge in [-0.2, -0.15) is 0 Å². The SMILES string of the molecule is CCOC(CN(C)S(C)(=O)=O)C(C)(C)C[S@](C)=O. The van der Waals surface area contributed by atoms with Gasteiger partial charge in [0.05, 0.1) is 12.4 Å². The summed E-state index contributed by atoms with van der Waals surface area (Å²) in [5.41, 5.74) is -0.339. The first-order valence-electron chi connectivity index (χ1n) is 5.83. The van der Waals surface area contributed by atoms with E-state index in [0.29, 0.717) is 12.4 Å². The molecule has 0 heterocycles. The molecule has 0 spiro atoms. The quantitative estimate of drug-likeness (QED) is 0.661. The van der Waals surface area contributed by atoms with Crippen LogP contribution in [0, 0.1) is 5.41 Å². The van der Waals surface area contributed by atoms with Gasteiger partial charge in [-0.05, 0) is 6.92 Å². The molecule has 110 valence electrons. The molecule has 0 aromatic rings. The van der Waals surface area contributed by atoms with E-state index in [-0.39, 0.29) is 18.1 Å². The number of likely N-dealkylation sites (N-methyl/N-ethyl adjacent to an activating group) is 1. The van der Waals surface area contributed by atoms with Crippen LogP contribution in [0.4, 0.5) is 0 Å². The van der Waals surface area contributed by atoms with Gasteiger partial charge in [-0.25, -0.2) is 12.7 Å². The molecule has 0 amide bonds. The minimum Gasteiger partial charge on any atom is -0.377 e. The van der Waals surface area contributed by atoms with Gasteiger partial charge in [0.2, 0.25) is 10.0 Å². The number of hydrogen-bond acceptors (Lipinski definition) is 4. The number of rotatable bonds is 8. The van der Waals surface area contributed by atoms with Crippen LogP contribution in [0.15, 0.2) is 0 Å². The van der Waals surface area contributed by atoms with E-state index in [1.54, 1.807) is 6.26 Å². The van der Waals surface area contributed by atoms with E-state index < -0.39 is 20.8 Å². The third kappa shape index (κ3) is 6.26. The topological polar surface area (TPSA) is 63.7 Å². The highest BCUT2D eigenvalue weighted by Gasteiger charge is 2.33. The first kappa shape index (κ1) is 18.0. The van der Waals surface area contributed by atoms with Crippen molar-refractivity contribution in [2.45, 2.75) is 26.9 Å². The smallest absolute Gasteiger partial charge is 0.211 e. The maximum Gasteiger partial charge on any atom is 0.211 e. The Balaban J connectivity index is 4.91. The van der Waals surface area contributed by atoms with Crippen LogP contribution in [0.3, 0.4) is 0 Å². The van der Waals surface area contributed by atoms with E-state index in [1.807, 2.05) is 20.8 Å². The van der Waals surface area contributed by atoms with Crippen LogP contribution >= 0.6 is 0 Å². The molecule has 0 aliphatic rings. The molecule has 7 heteroatoms. The van der Waals surface area contributed by atoms with E-state index in [9.17, 15) is 12.6 Å². The van der Waals surface area contributed by atoms with Crippen molar-refractivity contribution < 1.29 is 17.4 Å². The fourth-order valence-electron chi connectivity index (χ4n) is 1.71. The van der Waals surface area contributed by atoms with Crippen molar-refractivity contribution in [3.8, 4) is 0 Å². The van der Waals surface area contributed by atoms with Crippen molar-refractivity contribution >= 4 is 20.8 Å². The molecular formula is C11H25NO4S2. The molecule has 0 aromatic carbocycles. The van der Waals surface area contributed by atoms with Crippen molar-refractivity contribution in [3.63, 3.8) is 0 Å². The predicted octanol–water partition coefficient (Wildman–Crippen LogP) is 0.688. The van der Waals surface area contributed by atoms with Gasteiger partial charge in [-0.15, -0.1) is 0 Å². The van der Waals surface area contributed by atoms with Gasteiger partial charge in [0.1, 0.15) is 0 Å². The average molecular weight is 299 g/mol. The van der Waals surface area contributed by atoms with Gasteiger partial charge in [0.15, 0.2) is 0 Å². The van der Waals surface area contributed by atoms with E-state index in [2.05, 4.69) is 0 Å². The van der Waals surface area contributed by atoms with Gasteiger partial charge in [-0.1, -0.05) is 13.8 Å². The van der Waals surface area contributed by atoms with Crippen molar-refractivity contribution in [2.24, 2.45) is 5.41 Å². The van der Waals surface area contributed by atoms with E-state index in [0.717, 1.165) is 0 Å². The minimum absolute atomic E-state index is 0.272.